The quantitative estimate of drug-likeness (QED) is 0.562. The van der Waals surface area contributed by atoms with Gasteiger partial charge in [-0.2, -0.15) is 5.06 Å². The van der Waals surface area contributed by atoms with E-state index < -0.39 is 5.54 Å². The molecule has 1 fully saturated rings. The van der Waals surface area contributed by atoms with E-state index in [2.05, 4.69) is 0 Å². The molecule has 0 aliphatic carbocycles. The van der Waals surface area contributed by atoms with Crippen LogP contribution in [-0.4, -0.2) is 21.3 Å². The fourth-order valence-electron chi connectivity index (χ4n) is 1.45. The first-order chi connectivity index (χ1) is 4.78. The maximum absolute atomic E-state index is 9.67. The second-order valence-electron chi connectivity index (χ2n) is 4.19. The minimum Gasteiger partial charge on any atom is -0.313 e. The Morgan fingerprint density at radius 1 is 1.30 bits per heavy atom. The Hall–Kier alpha value is -0.0800. The average molecular weight is 144 g/mol. The second kappa shape index (κ2) is 1.95. The van der Waals surface area contributed by atoms with Gasteiger partial charge in [0.05, 0.1) is 0 Å². The van der Waals surface area contributed by atoms with Gasteiger partial charge in [0.2, 0.25) is 0 Å². The normalized spacial score (nSPS) is 39.7. The first-order valence-electron chi connectivity index (χ1n) is 4.28. The smallest absolute Gasteiger partial charge is 0.0411 e. The molecular formula is C8H17NO. The molecule has 1 unspecified atom stereocenters. The molecular weight excluding hydrogens is 126 g/mol. The molecule has 1 aliphatic heterocycles. The highest BCUT2D eigenvalue weighted by atomic mass is 16.5. The third-order valence-electron chi connectivity index (χ3n) is 2.22. The molecule has 1 rings (SSSR count). The van der Waals surface area contributed by atoms with Crippen LogP contribution in [0.25, 0.3) is 0 Å². The number of hydroxylamine groups is 2. The lowest BCUT2D eigenvalue weighted by Crippen LogP contribution is -2.45. The Kier molecular flexibility index (Phi) is 1.29. The van der Waals surface area contributed by atoms with Crippen molar-refractivity contribution in [1.82, 2.24) is 5.06 Å². The SMILES string of the molecule is [2H]C1CC(C)(C)N(O)C1(C)C. The average Bonchev–Trinajstić information content (AvgIpc) is 1.94. The molecule has 0 bridgehead atoms. The van der Waals surface area contributed by atoms with Gasteiger partial charge in [-0.05, 0) is 40.5 Å². The summed E-state index contributed by atoms with van der Waals surface area (Å²) in [5.74, 6) is 0. The highest BCUT2D eigenvalue weighted by Crippen LogP contribution is 2.38. The molecule has 1 N–H and O–H groups in total. The first-order valence-corrected chi connectivity index (χ1v) is 3.70. The zero-order valence-electron chi connectivity index (χ0n) is 8.18. The molecule has 60 valence electrons. The van der Waals surface area contributed by atoms with Crippen LogP contribution < -0.4 is 0 Å². The van der Waals surface area contributed by atoms with E-state index in [0.717, 1.165) is 6.42 Å². The van der Waals surface area contributed by atoms with Gasteiger partial charge in [-0.15, -0.1) is 0 Å². The Labute approximate surface area is 64.2 Å². The van der Waals surface area contributed by atoms with Crippen molar-refractivity contribution >= 4 is 0 Å². The summed E-state index contributed by atoms with van der Waals surface area (Å²) < 4.78 is 7.72. The van der Waals surface area contributed by atoms with Crippen LogP contribution >= 0.6 is 0 Å². The van der Waals surface area contributed by atoms with E-state index in [-0.39, 0.29) is 11.9 Å². The van der Waals surface area contributed by atoms with E-state index in [1.54, 1.807) is 0 Å². The van der Waals surface area contributed by atoms with Gasteiger partial charge in [-0.3, -0.25) is 0 Å². The monoisotopic (exact) mass is 144 g/mol. The molecule has 0 saturated carbocycles. The summed E-state index contributed by atoms with van der Waals surface area (Å²) in [6, 6.07) is 0. The van der Waals surface area contributed by atoms with Gasteiger partial charge in [-0.25, -0.2) is 0 Å². The molecule has 0 amide bonds. The third-order valence-corrected chi connectivity index (χ3v) is 2.22. The lowest BCUT2D eigenvalue weighted by Gasteiger charge is -2.34. The molecule has 0 aromatic heterocycles. The van der Waals surface area contributed by atoms with Crippen LogP contribution in [0, 0.1) is 0 Å². The van der Waals surface area contributed by atoms with Crippen molar-refractivity contribution in [3.63, 3.8) is 0 Å². The number of rotatable bonds is 0. The van der Waals surface area contributed by atoms with Crippen molar-refractivity contribution in [2.75, 3.05) is 0 Å². The van der Waals surface area contributed by atoms with Crippen molar-refractivity contribution in [2.24, 2.45) is 0 Å². The van der Waals surface area contributed by atoms with E-state index in [0.29, 0.717) is 0 Å². The predicted molar refractivity (Wildman–Crippen MR) is 41.0 cm³/mol. The molecule has 1 heterocycles. The molecule has 0 radical (unpaired) electrons. The summed E-state index contributed by atoms with van der Waals surface area (Å²) in [5.41, 5.74) is -0.639. The van der Waals surface area contributed by atoms with E-state index in [1.165, 1.54) is 5.06 Å². The van der Waals surface area contributed by atoms with Crippen LogP contribution in [0.2, 0.25) is 0 Å². The molecule has 1 saturated heterocycles. The Bertz CT molecular complexity index is 167. The van der Waals surface area contributed by atoms with Crippen molar-refractivity contribution in [3.8, 4) is 0 Å². The fourth-order valence-corrected chi connectivity index (χ4v) is 1.45. The van der Waals surface area contributed by atoms with Gasteiger partial charge in [0.15, 0.2) is 0 Å². The number of nitrogens with zero attached hydrogens (tertiary/aromatic N) is 1. The zero-order valence-corrected chi connectivity index (χ0v) is 7.18. The highest BCUT2D eigenvalue weighted by Gasteiger charge is 2.43. The molecule has 0 aromatic carbocycles. The van der Waals surface area contributed by atoms with E-state index in [9.17, 15) is 5.21 Å². The summed E-state index contributed by atoms with van der Waals surface area (Å²) in [6.45, 7) is 7.73. The number of hydrogen-bond donors (Lipinski definition) is 1. The topological polar surface area (TPSA) is 23.5 Å². The molecule has 2 nitrogen and oxygen atoms in total. The van der Waals surface area contributed by atoms with Crippen molar-refractivity contribution < 1.29 is 6.58 Å². The van der Waals surface area contributed by atoms with Crippen molar-refractivity contribution in [2.45, 2.75) is 51.6 Å². The van der Waals surface area contributed by atoms with Gasteiger partial charge in [0, 0.05) is 12.4 Å². The van der Waals surface area contributed by atoms with Gasteiger partial charge in [-0.1, -0.05) is 0 Å². The molecule has 1 aliphatic rings. The summed E-state index contributed by atoms with van der Waals surface area (Å²) >= 11 is 0. The highest BCUT2D eigenvalue weighted by molar-refractivity contribution is 4.95. The maximum atomic E-state index is 9.67. The molecule has 2 heteroatoms. The molecule has 0 aromatic rings. The molecule has 1 atom stereocenters. The van der Waals surface area contributed by atoms with Gasteiger partial charge in [0.25, 0.3) is 0 Å². The summed E-state index contributed by atoms with van der Waals surface area (Å²) in [5, 5.41) is 11.0. The standard InChI is InChI=1S/C8H17NO/c1-7(2)5-6-8(3,4)9(7)10/h10H,5-6H2,1-4H3/i5D. The molecule has 0 spiro atoms. The largest absolute Gasteiger partial charge is 0.313 e. The van der Waals surface area contributed by atoms with Crippen LogP contribution in [0.4, 0.5) is 0 Å². The van der Waals surface area contributed by atoms with E-state index in [4.69, 9.17) is 1.37 Å². The lowest BCUT2D eigenvalue weighted by atomic mass is 10.0. The lowest BCUT2D eigenvalue weighted by molar-refractivity contribution is -0.191. The Balaban J connectivity index is 2.89. The van der Waals surface area contributed by atoms with Crippen molar-refractivity contribution in [3.05, 3.63) is 0 Å². The van der Waals surface area contributed by atoms with Crippen LogP contribution in [0.3, 0.4) is 0 Å². The summed E-state index contributed by atoms with van der Waals surface area (Å²) in [6.07, 6.45) is 0.541. The minimum absolute atomic E-state index is 0.192. The Morgan fingerprint density at radius 3 is 1.90 bits per heavy atom. The summed E-state index contributed by atoms with van der Waals surface area (Å²) in [4.78, 5) is 0. The van der Waals surface area contributed by atoms with Gasteiger partial charge < -0.3 is 5.21 Å². The maximum Gasteiger partial charge on any atom is 0.0411 e. The Morgan fingerprint density at radius 2 is 1.80 bits per heavy atom. The van der Waals surface area contributed by atoms with Crippen molar-refractivity contribution in [1.29, 1.82) is 0 Å². The second-order valence-corrected chi connectivity index (χ2v) is 4.19. The van der Waals surface area contributed by atoms with Gasteiger partial charge >= 0.3 is 0 Å². The van der Waals surface area contributed by atoms with Crippen LogP contribution in [0.15, 0.2) is 0 Å². The fraction of sp³-hybridized carbons (Fsp3) is 1.00. The molecule has 10 heavy (non-hydrogen) atoms. The minimum atomic E-state index is -0.399. The van der Waals surface area contributed by atoms with E-state index in [1.807, 2.05) is 27.7 Å². The van der Waals surface area contributed by atoms with Gasteiger partial charge in [0.1, 0.15) is 0 Å². The van der Waals surface area contributed by atoms with Crippen LogP contribution in [-0.2, 0) is 0 Å². The van der Waals surface area contributed by atoms with Crippen LogP contribution in [0.5, 0.6) is 0 Å². The third kappa shape index (κ3) is 1.06. The van der Waals surface area contributed by atoms with E-state index >= 15 is 0 Å². The number of hydrogen-bond acceptors (Lipinski definition) is 2. The first kappa shape index (κ1) is 6.62. The van der Waals surface area contributed by atoms with Crippen LogP contribution in [0.1, 0.15) is 41.9 Å². The zero-order chi connectivity index (χ0) is 8.86. The predicted octanol–water partition coefficient (Wildman–Crippen LogP) is 2.03. The summed E-state index contributed by atoms with van der Waals surface area (Å²) in [7, 11) is 0.